The van der Waals surface area contributed by atoms with E-state index in [2.05, 4.69) is 10.3 Å². The van der Waals surface area contributed by atoms with Crippen LogP contribution in [0.2, 0.25) is 0 Å². The van der Waals surface area contributed by atoms with Gasteiger partial charge in [-0.15, -0.1) is 11.8 Å². The second-order valence-corrected chi connectivity index (χ2v) is 3.60. The van der Waals surface area contributed by atoms with Crippen molar-refractivity contribution < 1.29 is 4.79 Å². The quantitative estimate of drug-likeness (QED) is 0.596. The highest BCUT2D eigenvalue weighted by Gasteiger charge is 2.13. The highest BCUT2D eigenvalue weighted by molar-refractivity contribution is 7.99. The van der Waals surface area contributed by atoms with Crippen LogP contribution in [0.15, 0.2) is 24.5 Å². The summed E-state index contributed by atoms with van der Waals surface area (Å²) < 4.78 is 0. The fourth-order valence-electron chi connectivity index (χ4n) is 1.17. The van der Waals surface area contributed by atoms with Gasteiger partial charge in [0.25, 0.3) is 0 Å². The maximum Gasteiger partial charge on any atom is 0.131 e. The minimum atomic E-state index is -0.0308. The molecule has 0 bridgehead atoms. The number of rotatable bonds is 4. The van der Waals surface area contributed by atoms with E-state index in [0.717, 1.165) is 5.56 Å². The average molecular weight is 208 g/mol. The molecular weight excluding hydrogens is 196 g/mol. The van der Waals surface area contributed by atoms with Crippen LogP contribution in [-0.2, 0) is 4.79 Å². The fraction of sp³-hybridized carbons (Fsp3) is 0.300. The normalized spacial score (nSPS) is 11.9. The predicted molar refractivity (Wildman–Crippen MR) is 59.7 cm³/mol. The molecule has 0 aliphatic carbocycles. The molecule has 14 heavy (non-hydrogen) atoms. The van der Waals surface area contributed by atoms with Crippen molar-refractivity contribution in [1.82, 2.24) is 10.3 Å². The summed E-state index contributed by atoms with van der Waals surface area (Å²) in [5.74, 6) is 1.96. The fourth-order valence-corrected chi connectivity index (χ4v) is 1.82. The molecule has 0 fully saturated rings. The van der Waals surface area contributed by atoms with Crippen molar-refractivity contribution in [1.29, 1.82) is 0 Å². The lowest BCUT2D eigenvalue weighted by Crippen LogP contribution is -2.23. The maximum atomic E-state index is 10.8. The van der Waals surface area contributed by atoms with Crippen molar-refractivity contribution in [3.8, 4) is 0 Å². The second kappa shape index (κ2) is 5.60. The van der Waals surface area contributed by atoms with Gasteiger partial charge in [0, 0.05) is 18.0 Å². The number of hydrogen-bond donors (Lipinski definition) is 1. The number of thioether (sulfide) groups is 1. The highest BCUT2D eigenvalue weighted by Crippen LogP contribution is 2.20. The summed E-state index contributed by atoms with van der Waals surface area (Å²) in [4.78, 5) is 14.8. The molecule has 0 spiro atoms. The van der Waals surface area contributed by atoms with Crippen molar-refractivity contribution in [3.05, 3.63) is 30.1 Å². The Kier molecular flexibility index (Phi) is 4.40. The zero-order chi connectivity index (χ0) is 10.4. The lowest BCUT2D eigenvalue weighted by atomic mass is 10.1. The first-order valence-electron chi connectivity index (χ1n) is 4.19. The van der Waals surface area contributed by atoms with Crippen LogP contribution in [0.5, 0.6) is 0 Å². The number of hydrogen-bond acceptors (Lipinski definition) is 4. The van der Waals surface area contributed by atoms with Crippen molar-refractivity contribution >= 4 is 23.3 Å². The molecule has 1 heterocycles. The van der Waals surface area contributed by atoms with Gasteiger partial charge in [0.1, 0.15) is 5.94 Å². The van der Waals surface area contributed by atoms with Gasteiger partial charge in [-0.25, -0.2) is 4.79 Å². The second-order valence-electron chi connectivity index (χ2n) is 2.66. The number of aromatic nitrogens is 1. The largest absolute Gasteiger partial charge is 0.304 e. The Labute approximate surface area is 87.6 Å². The molecule has 4 heteroatoms. The van der Waals surface area contributed by atoms with E-state index in [1.54, 1.807) is 30.2 Å². The van der Waals surface area contributed by atoms with Gasteiger partial charge in [-0.05, 0) is 19.4 Å². The van der Waals surface area contributed by atoms with Gasteiger partial charge >= 0.3 is 0 Å². The summed E-state index contributed by atoms with van der Waals surface area (Å²) in [5, 5.41) is 3.01. The molecule has 0 radical (unpaired) electrons. The molecule has 0 aliphatic heterocycles. The van der Waals surface area contributed by atoms with Crippen molar-refractivity contribution in [2.75, 3.05) is 13.3 Å². The van der Waals surface area contributed by atoms with E-state index < -0.39 is 0 Å². The van der Waals surface area contributed by atoms with Crippen LogP contribution in [0.3, 0.4) is 0 Å². The topological polar surface area (TPSA) is 42.0 Å². The lowest BCUT2D eigenvalue weighted by Gasteiger charge is -2.13. The van der Waals surface area contributed by atoms with E-state index in [9.17, 15) is 4.79 Å². The van der Waals surface area contributed by atoms with Gasteiger partial charge in [0.05, 0.1) is 10.9 Å². The van der Waals surface area contributed by atoms with Crippen LogP contribution in [0.25, 0.3) is 5.57 Å². The molecule has 1 aromatic rings. The minimum Gasteiger partial charge on any atom is -0.304 e. The molecular formula is C10H12N2OS. The van der Waals surface area contributed by atoms with Gasteiger partial charge < -0.3 is 5.32 Å². The first kappa shape index (κ1) is 11.0. The molecule has 1 rings (SSSR count). The van der Waals surface area contributed by atoms with Gasteiger partial charge in [0.15, 0.2) is 0 Å². The summed E-state index contributed by atoms with van der Waals surface area (Å²) in [6.07, 6.45) is 5.29. The third-order valence-electron chi connectivity index (χ3n) is 1.84. The summed E-state index contributed by atoms with van der Waals surface area (Å²) >= 11 is 1.56. The SMILES string of the molecule is CNC(SC)C(=C=O)c1cccnc1. The highest BCUT2D eigenvalue weighted by atomic mass is 32.2. The zero-order valence-electron chi connectivity index (χ0n) is 8.15. The molecule has 0 saturated carbocycles. The predicted octanol–water partition coefficient (Wildman–Crippen LogP) is 1.21. The number of pyridine rings is 1. The Morgan fingerprint density at radius 1 is 1.71 bits per heavy atom. The standard InChI is InChI=1S/C10H12N2OS/c1-11-10(14-2)9(7-13)8-4-3-5-12-6-8/h3-6,10-11H,1-2H3. The number of nitrogens with zero attached hydrogens (tertiary/aromatic N) is 1. The Balaban J connectivity index is 3.00. The number of likely N-dealkylation sites (N-methyl/N-ethyl adjacent to an activating group) is 1. The van der Waals surface area contributed by atoms with E-state index in [0.29, 0.717) is 5.57 Å². The van der Waals surface area contributed by atoms with Crippen molar-refractivity contribution in [2.24, 2.45) is 0 Å². The Hall–Kier alpha value is -1.09. The van der Waals surface area contributed by atoms with Gasteiger partial charge in [0.2, 0.25) is 0 Å². The van der Waals surface area contributed by atoms with E-state index in [-0.39, 0.29) is 5.37 Å². The molecule has 1 aromatic heterocycles. The van der Waals surface area contributed by atoms with E-state index in [4.69, 9.17) is 0 Å². The lowest BCUT2D eigenvalue weighted by molar-refractivity contribution is 0.568. The van der Waals surface area contributed by atoms with Crippen LogP contribution < -0.4 is 5.32 Å². The maximum absolute atomic E-state index is 10.8. The molecule has 0 amide bonds. The summed E-state index contributed by atoms with van der Waals surface area (Å²) in [7, 11) is 1.81. The van der Waals surface area contributed by atoms with E-state index in [1.165, 1.54) is 0 Å². The Bertz CT molecular complexity index is 329. The monoisotopic (exact) mass is 208 g/mol. The van der Waals surface area contributed by atoms with Crippen LogP contribution in [0, 0.1) is 0 Å². The smallest absolute Gasteiger partial charge is 0.131 e. The summed E-state index contributed by atoms with van der Waals surface area (Å²) in [5.41, 5.74) is 1.42. The van der Waals surface area contributed by atoms with Gasteiger partial charge in [-0.1, -0.05) is 6.07 Å². The molecule has 1 unspecified atom stereocenters. The summed E-state index contributed by atoms with van der Waals surface area (Å²) in [6, 6.07) is 3.66. The molecule has 1 N–H and O–H groups in total. The molecule has 0 saturated heterocycles. The zero-order valence-corrected chi connectivity index (χ0v) is 8.97. The number of nitrogens with one attached hydrogen (secondary N) is 1. The van der Waals surface area contributed by atoms with E-state index in [1.807, 2.05) is 25.3 Å². The third-order valence-corrected chi connectivity index (χ3v) is 2.79. The summed E-state index contributed by atoms with van der Waals surface area (Å²) in [6.45, 7) is 0. The minimum absolute atomic E-state index is 0.0308. The van der Waals surface area contributed by atoms with Crippen LogP contribution in [-0.4, -0.2) is 29.6 Å². The van der Waals surface area contributed by atoms with Crippen LogP contribution in [0.1, 0.15) is 5.56 Å². The van der Waals surface area contributed by atoms with Crippen molar-refractivity contribution in [2.45, 2.75) is 5.37 Å². The third kappa shape index (κ3) is 2.45. The van der Waals surface area contributed by atoms with Crippen LogP contribution in [0.4, 0.5) is 0 Å². The first-order chi connectivity index (χ1) is 6.83. The molecule has 0 aliphatic rings. The van der Waals surface area contributed by atoms with Crippen molar-refractivity contribution in [3.63, 3.8) is 0 Å². The van der Waals surface area contributed by atoms with Crippen LogP contribution >= 0.6 is 11.8 Å². The van der Waals surface area contributed by atoms with E-state index >= 15 is 0 Å². The molecule has 1 atom stereocenters. The number of carbonyl (C=O) groups excluding carboxylic acids is 1. The Morgan fingerprint density at radius 2 is 2.50 bits per heavy atom. The molecule has 0 aromatic carbocycles. The van der Waals surface area contributed by atoms with Gasteiger partial charge in [-0.2, -0.15) is 0 Å². The molecule has 74 valence electrons. The average Bonchev–Trinajstić information content (AvgIpc) is 2.27. The first-order valence-corrected chi connectivity index (χ1v) is 5.47. The van der Waals surface area contributed by atoms with Gasteiger partial charge in [-0.3, -0.25) is 4.98 Å². The Morgan fingerprint density at radius 3 is 2.93 bits per heavy atom. The molecule has 3 nitrogen and oxygen atoms in total.